The average Bonchev–Trinajstić information content (AvgIpc) is 2.61. The molecule has 3 rings (SSSR count). The highest BCUT2D eigenvalue weighted by molar-refractivity contribution is 7.44. The van der Waals surface area contributed by atoms with Crippen LogP contribution < -0.4 is 15.6 Å². The molecule has 0 aliphatic carbocycles. The molecule has 0 unspecified atom stereocenters. The van der Waals surface area contributed by atoms with Gasteiger partial charge in [-0.1, -0.05) is 127 Å². The lowest BCUT2D eigenvalue weighted by atomic mass is 10.3. The highest BCUT2D eigenvalue weighted by Crippen LogP contribution is 2.25. The molecule has 2 heteroatoms. The van der Waals surface area contributed by atoms with Crippen LogP contribution in [0.1, 0.15) is 20.8 Å². The van der Waals surface area contributed by atoms with Gasteiger partial charge in [0.2, 0.25) is 0 Å². The molecule has 122 valence electrons. The van der Waals surface area contributed by atoms with Crippen LogP contribution in [-0.4, -0.2) is 16.6 Å². The Balaban J connectivity index is 2.33. The maximum absolute atomic E-state index is 2.43. The largest absolute Gasteiger partial charge is 0.133 e. The quantitative estimate of drug-likeness (QED) is 0.503. The third-order valence-electron chi connectivity index (χ3n) is 4.60. The lowest BCUT2D eigenvalue weighted by Gasteiger charge is -2.38. The van der Waals surface area contributed by atoms with Crippen molar-refractivity contribution in [3.8, 4) is 0 Å². The number of hydrogen-bond acceptors (Lipinski definition) is 0. The summed E-state index contributed by atoms with van der Waals surface area (Å²) in [5, 5.41) is 5.07. The third kappa shape index (κ3) is 3.45. The Kier molecular flexibility index (Phi) is 4.88. The molecule has 0 saturated heterocycles. The molecule has 3 aromatic carbocycles. The zero-order valence-electron chi connectivity index (χ0n) is 14.9. The summed E-state index contributed by atoms with van der Waals surface area (Å²) in [5.41, 5.74) is 0. The number of benzene rings is 3. The summed E-state index contributed by atoms with van der Waals surface area (Å²) in [6.45, 7) is 7.28. The van der Waals surface area contributed by atoms with Gasteiger partial charge < -0.3 is 0 Å². The van der Waals surface area contributed by atoms with Gasteiger partial charge in [-0.15, -0.1) is 0 Å². The van der Waals surface area contributed by atoms with E-state index >= 15 is 0 Å². The Morgan fingerprint density at radius 3 is 1.08 bits per heavy atom. The van der Waals surface area contributed by atoms with Crippen LogP contribution in [0.15, 0.2) is 91.0 Å². The summed E-state index contributed by atoms with van der Waals surface area (Å²) in [5.74, 6) is 0. The predicted octanol–water partition coefficient (Wildman–Crippen LogP) is 3.04. The normalized spacial score (nSPS) is 12.6. The van der Waals surface area contributed by atoms with Gasteiger partial charge in [-0.3, -0.25) is 0 Å². The first kappa shape index (κ1) is 16.9. The van der Waals surface area contributed by atoms with Crippen molar-refractivity contribution in [3.05, 3.63) is 91.0 Å². The van der Waals surface area contributed by atoms with E-state index in [-0.39, 0.29) is 0 Å². The van der Waals surface area contributed by atoms with Crippen LogP contribution in [0.2, 0.25) is 5.04 Å². The van der Waals surface area contributed by atoms with Gasteiger partial charge in [0.05, 0.1) is 0 Å². The van der Waals surface area contributed by atoms with Crippen LogP contribution in [0, 0.1) is 0 Å². The van der Waals surface area contributed by atoms with E-state index in [1.165, 1.54) is 0 Å². The molecule has 0 N–H and O–H groups in total. The SMILES string of the molecule is CC(C)(C)[SiH2][Si](c1ccccc1)(c1ccccc1)c1ccccc1. The van der Waals surface area contributed by atoms with Gasteiger partial charge in [0.25, 0.3) is 0 Å². The molecule has 0 aromatic heterocycles. The maximum Gasteiger partial charge on any atom is 0.133 e. The fourth-order valence-corrected chi connectivity index (χ4v) is 18.0. The van der Waals surface area contributed by atoms with Crippen molar-refractivity contribution in [2.75, 3.05) is 0 Å². The molecule has 3 aromatic rings. The molecule has 0 bridgehead atoms. The van der Waals surface area contributed by atoms with E-state index in [9.17, 15) is 0 Å². The van der Waals surface area contributed by atoms with E-state index in [1.54, 1.807) is 15.6 Å². The average molecular weight is 347 g/mol. The van der Waals surface area contributed by atoms with Crippen LogP contribution in [0.3, 0.4) is 0 Å². The van der Waals surface area contributed by atoms with E-state index in [0.717, 1.165) is 0 Å². The number of hydrogen-bond donors (Lipinski definition) is 0. The summed E-state index contributed by atoms with van der Waals surface area (Å²) in [7, 11) is -2.32. The molecule has 0 saturated carbocycles. The summed E-state index contributed by atoms with van der Waals surface area (Å²) in [4.78, 5) is 0. The highest BCUT2D eigenvalue weighted by Gasteiger charge is 2.42. The zero-order valence-corrected chi connectivity index (χ0v) is 17.3. The molecule has 0 radical (unpaired) electrons. The Bertz CT molecular complexity index is 663. The van der Waals surface area contributed by atoms with E-state index < -0.39 is 16.6 Å². The summed E-state index contributed by atoms with van der Waals surface area (Å²) >= 11 is 0. The van der Waals surface area contributed by atoms with Crippen LogP contribution in [0.4, 0.5) is 0 Å². The van der Waals surface area contributed by atoms with Gasteiger partial charge in [0, 0.05) is 9.04 Å². The smallest absolute Gasteiger partial charge is 0.0634 e. The van der Waals surface area contributed by atoms with Crippen LogP contribution >= 0.6 is 0 Å². The van der Waals surface area contributed by atoms with Crippen molar-refractivity contribution in [2.24, 2.45) is 0 Å². The molecular weight excluding hydrogens is 320 g/mol. The van der Waals surface area contributed by atoms with E-state index in [1.807, 2.05) is 0 Å². The minimum Gasteiger partial charge on any atom is -0.0634 e. The minimum atomic E-state index is -1.92. The zero-order chi connectivity index (χ0) is 17.0. The van der Waals surface area contributed by atoms with Crippen LogP contribution in [0.5, 0.6) is 0 Å². The third-order valence-corrected chi connectivity index (χ3v) is 18.6. The summed E-state index contributed by atoms with van der Waals surface area (Å²) in [6, 6.07) is 33.9. The van der Waals surface area contributed by atoms with Gasteiger partial charge >= 0.3 is 0 Å². The topological polar surface area (TPSA) is 0 Å². The molecule has 0 aliphatic heterocycles. The van der Waals surface area contributed by atoms with Crippen molar-refractivity contribution in [3.63, 3.8) is 0 Å². The summed E-state index contributed by atoms with van der Waals surface area (Å²) in [6.07, 6.45) is 0. The minimum absolute atomic E-state index is 0.397. The van der Waals surface area contributed by atoms with Gasteiger partial charge in [0.1, 0.15) is 7.59 Å². The van der Waals surface area contributed by atoms with Gasteiger partial charge in [-0.05, 0) is 5.04 Å². The molecule has 0 fully saturated rings. The molecule has 0 aliphatic rings. The second kappa shape index (κ2) is 6.92. The highest BCUT2D eigenvalue weighted by atomic mass is 29.2. The first-order chi connectivity index (χ1) is 11.5. The standard InChI is InChI=1S/C22H26Si2/c1-22(2,3)23-24(19-13-7-4-8-14-19,20-15-9-5-10-16-20)21-17-11-6-12-18-21/h4-18H,23H2,1-3H3. The Hall–Kier alpha value is -1.91. The van der Waals surface area contributed by atoms with Crippen LogP contribution in [-0.2, 0) is 0 Å². The van der Waals surface area contributed by atoms with Crippen molar-refractivity contribution >= 4 is 32.2 Å². The van der Waals surface area contributed by atoms with Gasteiger partial charge in [-0.25, -0.2) is 0 Å². The molecule has 0 atom stereocenters. The molecule has 0 amide bonds. The second-order valence-electron chi connectivity index (χ2n) is 7.74. The molecule has 0 spiro atoms. The van der Waals surface area contributed by atoms with Gasteiger partial charge in [0.15, 0.2) is 0 Å². The maximum atomic E-state index is 2.43. The lowest BCUT2D eigenvalue weighted by Crippen LogP contribution is -2.72. The van der Waals surface area contributed by atoms with E-state index in [4.69, 9.17) is 0 Å². The van der Waals surface area contributed by atoms with Crippen molar-refractivity contribution in [2.45, 2.75) is 25.8 Å². The summed E-state index contributed by atoms with van der Waals surface area (Å²) < 4.78 is 0. The first-order valence-electron chi connectivity index (χ1n) is 8.69. The molecule has 0 heterocycles. The first-order valence-corrected chi connectivity index (χ1v) is 13.7. The Labute approximate surface area is 149 Å². The fraction of sp³-hybridized carbons (Fsp3) is 0.182. The Morgan fingerprint density at radius 2 is 0.833 bits per heavy atom. The monoisotopic (exact) mass is 346 g/mol. The lowest BCUT2D eigenvalue weighted by molar-refractivity contribution is 0.762. The van der Waals surface area contributed by atoms with Crippen molar-refractivity contribution in [1.29, 1.82) is 0 Å². The second-order valence-corrected chi connectivity index (χ2v) is 18.0. The van der Waals surface area contributed by atoms with E-state index in [0.29, 0.717) is 5.04 Å². The van der Waals surface area contributed by atoms with Crippen molar-refractivity contribution in [1.82, 2.24) is 0 Å². The van der Waals surface area contributed by atoms with Gasteiger partial charge in [-0.2, -0.15) is 0 Å². The van der Waals surface area contributed by atoms with Crippen molar-refractivity contribution < 1.29 is 0 Å². The fourth-order valence-electron chi connectivity index (χ4n) is 3.77. The van der Waals surface area contributed by atoms with E-state index in [2.05, 4.69) is 112 Å². The molecule has 0 nitrogen and oxygen atoms in total. The van der Waals surface area contributed by atoms with Crippen LogP contribution in [0.25, 0.3) is 0 Å². The predicted molar refractivity (Wildman–Crippen MR) is 112 cm³/mol. The number of rotatable bonds is 4. The Morgan fingerprint density at radius 1 is 0.542 bits per heavy atom. The molecular formula is C22H26Si2. The molecule has 24 heavy (non-hydrogen) atoms.